The Balaban J connectivity index is 1.68. The summed E-state index contributed by atoms with van der Waals surface area (Å²) in [6.45, 7) is 4.07. The summed E-state index contributed by atoms with van der Waals surface area (Å²) in [5, 5.41) is 11.3. The third-order valence-corrected chi connectivity index (χ3v) is 4.41. The number of unbranched alkanes of at least 4 members (excludes halogenated alkanes) is 1. The fraction of sp³-hybridized carbons (Fsp3) is 0.375. The molecular formula is C16H18FN5OS. The number of thioether (sulfide) groups is 1. The van der Waals surface area contributed by atoms with Crippen LogP contribution in [0.15, 0.2) is 33.9 Å². The number of hydrogen-bond donors (Lipinski definition) is 1. The second-order valence-electron chi connectivity index (χ2n) is 5.36. The van der Waals surface area contributed by atoms with Gasteiger partial charge in [-0.1, -0.05) is 42.4 Å². The lowest BCUT2D eigenvalue weighted by Gasteiger charge is -2.01. The van der Waals surface area contributed by atoms with Gasteiger partial charge >= 0.3 is 0 Å². The van der Waals surface area contributed by atoms with Crippen molar-refractivity contribution in [1.82, 2.24) is 25.3 Å². The second-order valence-corrected chi connectivity index (χ2v) is 6.67. The van der Waals surface area contributed by atoms with E-state index in [0.29, 0.717) is 22.4 Å². The number of aryl methyl sites for hydroxylation is 1. The fourth-order valence-corrected chi connectivity index (χ4v) is 2.91. The number of rotatable bonds is 7. The molecule has 0 aliphatic rings. The van der Waals surface area contributed by atoms with Gasteiger partial charge in [-0.15, -0.1) is 5.10 Å². The van der Waals surface area contributed by atoms with Crippen LogP contribution in [-0.2, 0) is 6.42 Å². The number of H-pyrrole nitrogens is 1. The molecular weight excluding hydrogens is 329 g/mol. The van der Waals surface area contributed by atoms with E-state index in [2.05, 4.69) is 32.2 Å². The molecule has 0 amide bonds. The van der Waals surface area contributed by atoms with Gasteiger partial charge in [-0.05, 0) is 25.5 Å². The normalized spacial score (nSPS) is 12.5. The van der Waals surface area contributed by atoms with Crippen LogP contribution in [-0.4, -0.2) is 25.3 Å². The number of aromatic amines is 1. The smallest absolute Gasteiger partial charge is 0.239 e. The van der Waals surface area contributed by atoms with Gasteiger partial charge in [-0.25, -0.2) is 9.37 Å². The van der Waals surface area contributed by atoms with Crippen molar-refractivity contribution in [2.24, 2.45) is 0 Å². The fourth-order valence-electron chi connectivity index (χ4n) is 2.15. The average Bonchev–Trinajstić information content (AvgIpc) is 3.23. The number of nitrogens with one attached hydrogen (secondary N) is 1. The van der Waals surface area contributed by atoms with E-state index >= 15 is 0 Å². The minimum atomic E-state index is -0.337. The van der Waals surface area contributed by atoms with E-state index in [1.54, 1.807) is 18.2 Å². The molecule has 2 aromatic heterocycles. The molecule has 0 aliphatic heterocycles. The van der Waals surface area contributed by atoms with Crippen LogP contribution in [0.4, 0.5) is 4.39 Å². The molecule has 1 N–H and O–H groups in total. The Labute approximate surface area is 143 Å². The van der Waals surface area contributed by atoms with Gasteiger partial charge < -0.3 is 4.52 Å². The Morgan fingerprint density at radius 2 is 2.12 bits per heavy atom. The minimum absolute atomic E-state index is 0.0860. The largest absolute Gasteiger partial charge is 0.338 e. The predicted molar refractivity (Wildman–Crippen MR) is 89.0 cm³/mol. The Morgan fingerprint density at radius 3 is 2.92 bits per heavy atom. The topological polar surface area (TPSA) is 80.5 Å². The standard InChI is InChI=1S/C16H18FN5OS/c1-3-4-9-13-18-15(23-22-13)10(2)24-16-19-14(20-21-16)11-7-5-6-8-12(11)17/h5-8,10H,3-4,9H2,1-2H3,(H,19,20,21). The highest BCUT2D eigenvalue weighted by molar-refractivity contribution is 7.99. The summed E-state index contributed by atoms with van der Waals surface area (Å²) in [6.07, 6.45) is 2.94. The SMILES string of the molecule is CCCCc1noc(C(C)Sc2n[nH]c(-c3ccccc3F)n2)n1. The van der Waals surface area contributed by atoms with E-state index in [1.807, 2.05) is 6.92 Å². The molecule has 0 radical (unpaired) electrons. The first kappa shape index (κ1) is 16.6. The number of benzene rings is 1. The van der Waals surface area contributed by atoms with Crippen LogP contribution in [0.2, 0.25) is 0 Å². The van der Waals surface area contributed by atoms with Crippen LogP contribution in [0.5, 0.6) is 0 Å². The summed E-state index contributed by atoms with van der Waals surface area (Å²) in [6, 6.07) is 6.45. The zero-order valence-electron chi connectivity index (χ0n) is 13.5. The van der Waals surface area contributed by atoms with Gasteiger partial charge in [0, 0.05) is 6.42 Å². The maximum atomic E-state index is 13.8. The quantitative estimate of drug-likeness (QED) is 0.646. The molecule has 24 heavy (non-hydrogen) atoms. The summed E-state index contributed by atoms with van der Waals surface area (Å²) >= 11 is 1.38. The molecule has 0 fully saturated rings. The molecule has 8 heteroatoms. The van der Waals surface area contributed by atoms with E-state index in [1.165, 1.54) is 17.8 Å². The van der Waals surface area contributed by atoms with Crippen LogP contribution in [0.3, 0.4) is 0 Å². The molecule has 0 saturated carbocycles. The van der Waals surface area contributed by atoms with Crippen molar-refractivity contribution >= 4 is 11.8 Å². The summed E-state index contributed by atoms with van der Waals surface area (Å²) in [5.74, 6) is 1.33. The van der Waals surface area contributed by atoms with E-state index in [4.69, 9.17) is 4.52 Å². The van der Waals surface area contributed by atoms with Crippen molar-refractivity contribution in [3.05, 3.63) is 41.8 Å². The van der Waals surface area contributed by atoms with Crippen molar-refractivity contribution in [3.63, 3.8) is 0 Å². The predicted octanol–water partition coefficient (Wildman–Crippen LogP) is 4.19. The van der Waals surface area contributed by atoms with Crippen LogP contribution in [0, 0.1) is 5.82 Å². The first-order valence-electron chi connectivity index (χ1n) is 7.83. The zero-order chi connectivity index (χ0) is 16.9. The van der Waals surface area contributed by atoms with Gasteiger partial charge in [0.15, 0.2) is 11.6 Å². The molecule has 126 valence electrons. The van der Waals surface area contributed by atoms with Gasteiger partial charge in [-0.3, -0.25) is 5.10 Å². The summed E-state index contributed by atoms with van der Waals surface area (Å²) in [5.41, 5.74) is 0.393. The van der Waals surface area contributed by atoms with Crippen molar-refractivity contribution in [1.29, 1.82) is 0 Å². The average molecular weight is 347 g/mol. The molecule has 0 spiro atoms. The van der Waals surface area contributed by atoms with Gasteiger partial charge in [-0.2, -0.15) is 4.98 Å². The van der Waals surface area contributed by atoms with Crippen molar-refractivity contribution in [2.45, 2.75) is 43.5 Å². The minimum Gasteiger partial charge on any atom is -0.338 e. The van der Waals surface area contributed by atoms with Crippen molar-refractivity contribution < 1.29 is 8.91 Å². The van der Waals surface area contributed by atoms with E-state index in [0.717, 1.165) is 25.1 Å². The molecule has 0 saturated heterocycles. The molecule has 0 bridgehead atoms. The van der Waals surface area contributed by atoms with Crippen LogP contribution in [0.1, 0.15) is 43.7 Å². The monoisotopic (exact) mass is 347 g/mol. The van der Waals surface area contributed by atoms with E-state index < -0.39 is 0 Å². The molecule has 3 rings (SSSR count). The third-order valence-electron chi connectivity index (χ3n) is 3.46. The molecule has 1 atom stereocenters. The Bertz CT molecular complexity index is 803. The number of nitrogens with zero attached hydrogens (tertiary/aromatic N) is 4. The maximum Gasteiger partial charge on any atom is 0.239 e. The Hall–Kier alpha value is -2.22. The molecule has 1 aromatic carbocycles. The number of aromatic nitrogens is 5. The molecule has 0 aliphatic carbocycles. The summed E-state index contributed by atoms with van der Waals surface area (Å²) in [7, 11) is 0. The maximum absolute atomic E-state index is 13.8. The first-order valence-corrected chi connectivity index (χ1v) is 8.71. The zero-order valence-corrected chi connectivity index (χ0v) is 14.3. The van der Waals surface area contributed by atoms with Crippen LogP contribution < -0.4 is 0 Å². The van der Waals surface area contributed by atoms with E-state index in [9.17, 15) is 4.39 Å². The number of halogens is 1. The third kappa shape index (κ3) is 3.81. The number of hydrogen-bond acceptors (Lipinski definition) is 6. The molecule has 2 heterocycles. The van der Waals surface area contributed by atoms with Gasteiger partial charge in [0.2, 0.25) is 11.0 Å². The Morgan fingerprint density at radius 1 is 1.29 bits per heavy atom. The van der Waals surface area contributed by atoms with Gasteiger partial charge in [0.1, 0.15) is 5.82 Å². The summed E-state index contributed by atoms with van der Waals surface area (Å²) in [4.78, 5) is 8.73. The van der Waals surface area contributed by atoms with Crippen LogP contribution >= 0.6 is 11.8 Å². The highest BCUT2D eigenvalue weighted by Crippen LogP contribution is 2.32. The van der Waals surface area contributed by atoms with Gasteiger partial charge in [0.05, 0.1) is 10.8 Å². The van der Waals surface area contributed by atoms with Crippen molar-refractivity contribution in [3.8, 4) is 11.4 Å². The Kier molecular flexibility index (Phi) is 5.24. The van der Waals surface area contributed by atoms with Gasteiger partial charge in [0.25, 0.3) is 0 Å². The lowest BCUT2D eigenvalue weighted by molar-refractivity contribution is 0.374. The second kappa shape index (κ2) is 7.57. The molecule has 1 unspecified atom stereocenters. The lowest BCUT2D eigenvalue weighted by atomic mass is 10.2. The van der Waals surface area contributed by atoms with Crippen molar-refractivity contribution in [2.75, 3.05) is 0 Å². The first-order chi connectivity index (χ1) is 11.7. The summed E-state index contributed by atoms with van der Waals surface area (Å²) < 4.78 is 19.1. The van der Waals surface area contributed by atoms with E-state index in [-0.39, 0.29) is 11.1 Å². The highest BCUT2D eigenvalue weighted by atomic mass is 32.2. The lowest BCUT2D eigenvalue weighted by Crippen LogP contribution is -1.92. The molecule has 6 nitrogen and oxygen atoms in total. The highest BCUT2D eigenvalue weighted by Gasteiger charge is 2.18. The molecule has 3 aromatic rings. The van der Waals surface area contributed by atoms with Crippen LogP contribution in [0.25, 0.3) is 11.4 Å².